The van der Waals surface area contributed by atoms with Gasteiger partial charge in [0.15, 0.2) is 0 Å². The predicted molar refractivity (Wildman–Crippen MR) is 72.4 cm³/mol. The zero-order valence-corrected chi connectivity index (χ0v) is 11.2. The van der Waals surface area contributed by atoms with Crippen LogP contribution in [0.3, 0.4) is 0 Å². The van der Waals surface area contributed by atoms with Crippen LogP contribution in [0.5, 0.6) is 0 Å². The lowest BCUT2D eigenvalue weighted by atomic mass is 10.0. The maximum Gasteiger partial charge on any atom is 0.0617 e. The lowest BCUT2D eigenvalue weighted by Crippen LogP contribution is -1.91. The van der Waals surface area contributed by atoms with Gasteiger partial charge in [-0.3, -0.25) is 0 Å². The molecule has 0 saturated carbocycles. The Hall–Kier alpha value is -0.820. The third-order valence-corrected chi connectivity index (χ3v) is 2.54. The van der Waals surface area contributed by atoms with Crippen molar-refractivity contribution in [2.75, 3.05) is 6.61 Å². The quantitative estimate of drug-likeness (QED) is 0.504. The van der Waals surface area contributed by atoms with Crippen LogP contribution in [0.2, 0.25) is 0 Å². The van der Waals surface area contributed by atoms with Gasteiger partial charge in [-0.2, -0.15) is 0 Å². The molecule has 0 aliphatic carbocycles. The van der Waals surface area contributed by atoms with Crippen LogP contribution in [0, 0.1) is 5.92 Å². The Morgan fingerprint density at radius 2 is 1.88 bits per heavy atom. The summed E-state index contributed by atoms with van der Waals surface area (Å²) in [4.78, 5) is 0. The molecule has 0 aliphatic rings. The van der Waals surface area contributed by atoms with Crippen molar-refractivity contribution < 1.29 is 5.11 Å². The maximum absolute atomic E-state index is 8.70. The van der Waals surface area contributed by atoms with Gasteiger partial charge in [-0.05, 0) is 46.0 Å². The first-order chi connectivity index (χ1) is 7.56. The highest BCUT2D eigenvalue weighted by atomic mass is 16.2. The monoisotopic (exact) mass is 222 g/mol. The molecule has 0 heterocycles. The SMILES string of the molecule is CC(C)=CCCC(C)CC=CC(C)=CCO. The van der Waals surface area contributed by atoms with Crippen LogP contribution in [0.25, 0.3) is 0 Å². The second-order valence-electron chi connectivity index (χ2n) is 4.73. The van der Waals surface area contributed by atoms with Gasteiger partial charge in [0.2, 0.25) is 0 Å². The van der Waals surface area contributed by atoms with Crippen molar-refractivity contribution in [3.05, 3.63) is 35.5 Å². The summed E-state index contributed by atoms with van der Waals surface area (Å²) in [5.41, 5.74) is 2.54. The fraction of sp³-hybridized carbons (Fsp3) is 0.600. The van der Waals surface area contributed by atoms with Gasteiger partial charge in [-0.25, -0.2) is 0 Å². The van der Waals surface area contributed by atoms with Gasteiger partial charge in [-0.1, -0.05) is 42.4 Å². The minimum Gasteiger partial charge on any atom is -0.392 e. The molecule has 0 aliphatic heterocycles. The first kappa shape index (κ1) is 15.2. The van der Waals surface area contributed by atoms with E-state index in [-0.39, 0.29) is 6.61 Å². The normalized spacial score (nSPS) is 14.2. The summed E-state index contributed by atoms with van der Waals surface area (Å²) >= 11 is 0. The Balaban J connectivity index is 3.76. The average molecular weight is 222 g/mol. The average Bonchev–Trinajstić information content (AvgIpc) is 2.17. The largest absolute Gasteiger partial charge is 0.392 e. The van der Waals surface area contributed by atoms with Gasteiger partial charge in [0.1, 0.15) is 0 Å². The molecule has 0 amide bonds. The summed E-state index contributed by atoms with van der Waals surface area (Å²) in [5.74, 6) is 0.730. The lowest BCUT2D eigenvalue weighted by molar-refractivity contribution is 0.342. The van der Waals surface area contributed by atoms with E-state index in [1.165, 1.54) is 18.4 Å². The van der Waals surface area contributed by atoms with E-state index < -0.39 is 0 Å². The number of hydrogen-bond donors (Lipinski definition) is 1. The molecule has 0 rings (SSSR count). The van der Waals surface area contributed by atoms with E-state index in [9.17, 15) is 0 Å². The second-order valence-corrected chi connectivity index (χ2v) is 4.73. The first-order valence-corrected chi connectivity index (χ1v) is 6.13. The Labute approximate surface area is 101 Å². The molecule has 16 heavy (non-hydrogen) atoms. The van der Waals surface area contributed by atoms with E-state index in [1.807, 2.05) is 13.0 Å². The van der Waals surface area contributed by atoms with E-state index >= 15 is 0 Å². The minimum atomic E-state index is 0.131. The van der Waals surface area contributed by atoms with Crippen LogP contribution >= 0.6 is 0 Å². The molecule has 1 unspecified atom stereocenters. The van der Waals surface area contributed by atoms with Crippen LogP contribution < -0.4 is 0 Å². The smallest absolute Gasteiger partial charge is 0.0617 e. The van der Waals surface area contributed by atoms with Crippen molar-refractivity contribution in [3.63, 3.8) is 0 Å². The van der Waals surface area contributed by atoms with Crippen molar-refractivity contribution in [2.24, 2.45) is 5.92 Å². The van der Waals surface area contributed by atoms with Gasteiger partial charge < -0.3 is 5.11 Å². The molecule has 0 aromatic heterocycles. The Kier molecular flexibility index (Phi) is 8.93. The molecular formula is C15H26O. The van der Waals surface area contributed by atoms with Gasteiger partial charge >= 0.3 is 0 Å². The molecule has 0 bridgehead atoms. The summed E-state index contributed by atoms with van der Waals surface area (Å²) < 4.78 is 0. The van der Waals surface area contributed by atoms with Crippen LogP contribution in [-0.2, 0) is 0 Å². The minimum absolute atomic E-state index is 0.131. The molecule has 1 atom stereocenters. The summed E-state index contributed by atoms with van der Waals surface area (Å²) in [7, 11) is 0. The van der Waals surface area contributed by atoms with E-state index in [4.69, 9.17) is 5.11 Å². The fourth-order valence-corrected chi connectivity index (χ4v) is 1.47. The van der Waals surface area contributed by atoms with E-state index in [1.54, 1.807) is 0 Å². The molecule has 0 aromatic carbocycles. The number of aliphatic hydroxyl groups is 1. The highest BCUT2D eigenvalue weighted by Crippen LogP contribution is 2.12. The van der Waals surface area contributed by atoms with Crippen molar-refractivity contribution in [1.29, 1.82) is 0 Å². The van der Waals surface area contributed by atoms with Gasteiger partial charge in [-0.15, -0.1) is 0 Å². The zero-order valence-electron chi connectivity index (χ0n) is 11.2. The number of hydrogen-bond acceptors (Lipinski definition) is 1. The molecule has 1 N–H and O–H groups in total. The number of allylic oxidation sites excluding steroid dienone is 5. The Morgan fingerprint density at radius 3 is 2.44 bits per heavy atom. The fourth-order valence-electron chi connectivity index (χ4n) is 1.47. The van der Waals surface area contributed by atoms with E-state index in [0.29, 0.717) is 0 Å². The predicted octanol–water partition coefficient (Wildman–Crippen LogP) is 4.25. The van der Waals surface area contributed by atoms with Gasteiger partial charge in [0.05, 0.1) is 6.61 Å². The topological polar surface area (TPSA) is 20.2 Å². The van der Waals surface area contributed by atoms with Crippen LogP contribution in [-0.4, -0.2) is 11.7 Å². The van der Waals surface area contributed by atoms with Crippen LogP contribution in [0.15, 0.2) is 35.5 Å². The molecule has 1 heteroatoms. The van der Waals surface area contributed by atoms with Gasteiger partial charge in [0, 0.05) is 0 Å². The van der Waals surface area contributed by atoms with Gasteiger partial charge in [0.25, 0.3) is 0 Å². The molecule has 0 aromatic rings. The highest BCUT2D eigenvalue weighted by Gasteiger charge is 1.97. The zero-order chi connectivity index (χ0) is 12.4. The Bertz CT molecular complexity index is 255. The third kappa shape index (κ3) is 9.72. The molecule has 0 spiro atoms. The van der Waals surface area contributed by atoms with Crippen molar-refractivity contribution in [3.8, 4) is 0 Å². The molecular weight excluding hydrogens is 196 g/mol. The van der Waals surface area contributed by atoms with E-state index in [0.717, 1.165) is 17.9 Å². The standard InChI is InChI=1S/C15H26O/c1-13(2)7-5-8-14(3)9-6-10-15(4)11-12-16/h6-7,10-11,14,16H,5,8-9,12H2,1-4H3. The molecule has 0 saturated heterocycles. The maximum atomic E-state index is 8.70. The Morgan fingerprint density at radius 1 is 1.19 bits per heavy atom. The molecule has 1 nitrogen and oxygen atoms in total. The molecule has 0 fully saturated rings. The van der Waals surface area contributed by atoms with E-state index in [2.05, 4.69) is 39.0 Å². The molecule has 0 radical (unpaired) electrons. The number of aliphatic hydroxyl groups excluding tert-OH is 1. The lowest BCUT2D eigenvalue weighted by Gasteiger charge is -2.06. The van der Waals surface area contributed by atoms with Crippen LogP contribution in [0.1, 0.15) is 47.0 Å². The number of rotatable bonds is 7. The summed E-state index contributed by atoms with van der Waals surface area (Å²) in [6.45, 7) is 8.72. The van der Waals surface area contributed by atoms with Crippen molar-refractivity contribution in [1.82, 2.24) is 0 Å². The molecule has 92 valence electrons. The summed E-state index contributed by atoms with van der Waals surface area (Å²) in [5, 5.41) is 8.70. The first-order valence-electron chi connectivity index (χ1n) is 6.13. The van der Waals surface area contributed by atoms with Crippen molar-refractivity contribution in [2.45, 2.75) is 47.0 Å². The highest BCUT2D eigenvalue weighted by molar-refractivity contribution is 5.15. The van der Waals surface area contributed by atoms with Crippen molar-refractivity contribution >= 4 is 0 Å². The summed E-state index contributed by atoms with van der Waals surface area (Å²) in [6.07, 6.45) is 12.0. The summed E-state index contributed by atoms with van der Waals surface area (Å²) in [6, 6.07) is 0. The van der Waals surface area contributed by atoms with Crippen LogP contribution in [0.4, 0.5) is 0 Å². The second kappa shape index (κ2) is 9.41. The third-order valence-electron chi connectivity index (χ3n) is 2.54.